The number of ether oxygens (including phenoxy) is 1. The van der Waals surface area contributed by atoms with Crippen molar-refractivity contribution in [1.29, 1.82) is 0 Å². The van der Waals surface area contributed by atoms with Crippen LogP contribution in [0.1, 0.15) is 6.42 Å². The molecule has 0 aliphatic carbocycles. The first-order valence-electron chi connectivity index (χ1n) is 6.50. The van der Waals surface area contributed by atoms with Gasteiger partial charge in [-0.1, -0.05) is 12.1 Å². The van der Waals surface area contributed by atoms with E-state index in [1.165, 1.54) is 0 Å². The summed E-state index contributed by atoms with van der Waals surface area (Å²) >= 11 is 5.98. The molecule has 2 rings (SSSR count). The Morgan fingerprint density at radius 2 is 2.19 bits per heavy atom. The van der Waals surface area contributed by atoms with Crippen LogP contribution in [-0.2, 0) is 14.8 Å². The normalized spacial score (nSPS) is 13.4. The fourth-order valence-electron chi connectivity index (χ4n) is 2.02. The van der Waals surface area contributed by atoms with Crippen LogP contribution < -0.4 is 4.72 Å². The number of rotatable bonds is 7. The van der Waals surface area contributed by atoms with Gasteiger partial charge in [0.05, 0.1) is 16.9 Å². The van der Waals surface area contributed by atoms with Crippen LogP contribution in [0.15, 0.2) is 41.6 Å². The highest BCUT2D eigenvalue weighted by molar-refractivity contribution is 7.89. The Labute approximate surface area is 129 Å². The van der Waals surface area contributed by atoms with Gasteiger partial charge in [0.15, 0.2) is 0 Å². The summed E-state index contributed by atoms with van der Waals surface area (Å²) in [6, 6.07) is 6.81. The van der Waals surface area contributed by atoms with E-state index in [0.29, 0.717) is 18.4 Å². The molecular weight excluding hydrogens is 312 g/mol. The van der Waals surface area contributed by atoms with Gasteiger partial charge in [0.25, 0.3) is 0 Å². The largest absolute Gasteiger partial charge is 0.383 e. The zero-order valence-corrected chi connectivity index (χ0v) is 13.2. The van der Waals surface area contributed by atoms with E-state index < -0.39 is 10.0 Å². The maximum absolute atomic E-state index is 12.4. The van der Waals surface area contributed by atoms with E-state index in [2.05, 4.69) is 9.71 Å². The van der Waals surface area contributed by atoms with E-state index in [9.17, 15) is 8.42 Å². The second kappa shape index (κ2) is 7.17. The van der Waals surface area contributed by atoms with Crippen LogP contribution in [0.25, 0.3) is 10.8 Å². The summed E-state index contributed by atoms with van der Waals surface area (Å²) < 4.78 is 32.2. The third-order valence-corrected chi connectivity index (χ3v) is 4.89. The number of methoxy groups -OCH3 is 1. The van der Waals surface area contributed by atoms with E-state index in [4.69, 9.17) is 16.3 Å². The van der Waals surface area contributed by atoms with Crippen LogP contribution in [0.2, 0.25) is 0 Å². The maximum Gasteiger partial charge on any atom is 0.241 e. The first kappa shape index (κ1) is 16.2. The van der Waals surface area contributed by atoms with Crippen molar-refractivity contribution < 1.29 is 13.2 Å². The van der Waals surface area contributed by atoms with Gasteiger partial charge in [-0.3, -0.25) is 4.98 Å². The van der Waals surface area contributed by atoms with Crippen LogP contribution in [-0.4, -0.2) is 39.0 Å². The standard InChI is InChI=1S/C14H17ClN2O3S/c1-20-10-12(15)5-8-17-21(18,19)14-4-2-3-11-9-16-7-6-13(11)14/h2-4,6-7,9,12,17H,5,8,10H2,1H3. The summed E-state index contributed by atoms with van der Waals surface area (Å²) in [6.45, 7) is 0.657. The van der Waals surface area contributed by atoms with Gasteiger partial charge < -0.3 is 4.74 Å². The number of hydrogen-bond donors (Lipinski definition) is 1. The summed E-state index contributed by atoms with van der Waals surface area (Å²) in [6.07, 6.45) is 3.72. The molecule has 0 saturated heterocycles. The Balaban J connectivity index is 2.15. The minimum Gasteiger partial charge on any atom is -0.383 e. The number of nitrogens with one attached hydrogen (secondary N) is 1. The van der Waals surface area contributed by atoms with Crippen molar-refractivity contribution in [3.05, 3.63) is 36.7 Å². The predicted molar refractivity (Wildman–Crippen MR) is 83.1 cm³/mol. The monoisotopic (exact) mass is 328 g/mol. The maximum atomic E-state index is 12.4. The Hall–Kier alpha value is -1.21. The topological polar surface area (TPSA) is 68.3 Å². The summed E-state index contributed by atoms with van der Waals surface area (Å²) in [5.74, 6) is 0. The van der Waals surface area contributed by atoms with E-state index in [1.807, 2.05) is 6.07 Å². The highest BCUT2D eigenvalue weighted by atomic mass is 35.5. The highest BCUT2D eigenvalue weighted by Gasteiger charge is 2.17. The minimum atomic E-state index is -3.57. The molecule has 1 aromatic carbocycles. The molecule has 0 fully saturated rings. The van der Waals surface area contributed by atoms with E-state index in [1.54, 1.807) is 37.7 Å². The second-order valence-electron chi connectivity index (χ2n) is 4.59. The van der Waals surface area contributed by atoms with Crippen molar-refractivity contribution >= 4 is 32.4 Å². The quantitative estimate of drug-likeness (QED) is 0.791. The van der Waals surface area contributed by atoms with E-state index in [-0.39, 0.29) is 16.8 Å². The SMILES string of the molecule is COCC(Cl)CCNS(=O)(=O)c1cccc2cnccc12. The molecule has 114 valence electrons. The van der Waals surface area contributed by atoms with Gasteiger partial charge in [0.1, 0.15) is 0 Å². The summed E-state index contributed by atoms with van der Waals surface area (Å²) in [5.41, 5.74) is 0. The molecule has 1 N–H and O–H groups in total. The molecule has 0 saturated carbocycles. The van der Waals surface area contributed by atoms with E-state index >= 15 is 0 Å². The lowest BCUT2D eigenvalue weighted by atomic mass is 10.2. The number of hydrogen-bond acceptors (Lipinski definition) is 4. The van der Waals surface area contributed by atoms with Crippen LogP contribution in [0, 0.1) is 0 Å². The van der Waals surface area contributed by atoms with Crippen LogP contribution in [0.3, 0.4) is 0 Å². The number of alkyl halides is 1. The summed E-state index contributed by atoms with van der Waals surface area (Å²) in [4.78, 5) is 4.25. The molecule has 7 heteroatoms. The Kier molecular flexibility index (Phi) is 5.52. The van der Waals surface area contributed by atoms with Crippen molar-refractivity contribution in [3.63, 3.8) is 0 Å². The average molecular weight is 329 g/mol. The average Bonchev–Trinajstić information content (AvgIpc) is 2.46. The molecule has 1 unspecified atom stereocenters. The lowest BCUT2D eigenvalue weighted by Gasteiger charge is -2.11. The smallest absolute Gasteiger partial charge is 0.241 e. The van der Waals surface area contributed by atoms with Crippen LogP contribution in [0.4, 0.5) is 0 Å². The number of nitrogens with zero attached hydrogens (tertiary/aromatic N) is 1. The van der Waals surface area contributed by atoms with Crippen LogP contribution >= 0.6 is 11.6 Å². The number of benzene rings is 1. The summed E-state index contributed by atoms with van der Waals surface area (Å²) in [7, 11) is -2.02. The Morgan fingerprint density at radius 1 is 1.38 bits per heavy atom. The second-order valence-corrected chi connectivity index (χ2v) is 6.94. The van der Waals surface area contributed by atoms with Gasteiger partial charge in [-0.25, -0.2) is 13.1 Å². The van der Waals surface area contributed by atoms with E-state index in [0.717, 1.165) is 5.39 Å². The molecule has 0 aliphatic rings. The first-order valence-corrected chi connectivity index (χ1v) is 8.42. The molecule has 0 radical (unpaired) electrons. The molecule has 0 aliphatic heterocycles. The van der Waals surface area contributed by atoms with Crippen molar-refractivity contribution in [2.75, 3.05) is 20.3 Å². The number of halogens is 1. The predicted octanol–water partition coefficient (Wildman–Crippen LogP) is 2.16. The molecule has 0 spiro atoms. The van der Waals surface area contributed by atoms with Crippen molar-refractivity contribution in [3.8, 4) is 0 Å². The molecule has 1 heterocycles. The van der Waals surface area contributed by atoms with Crippen molar-refractivity contribution in [2.45, 2.75) is 16.7 Å². The fourth-order valence-corrected chi connectivity index (χ4v) is 3.53. The Morgan fingerprint density at radius 3 is 2.95 bits per heavy atom. The lowest BCUT2D eigenvalue weighted by Crippen LogP contribution is -2.27. The van der Waals surface area contributed by atoms with Gasteiger partial charge in [0.2, 0.25) is 10.0 Å². The molecule has 0 bridgehead atoms. The lowest BCUT2D eigenvalue weighted by molar-refractivity contribution is 0.196. The number of aromatic nitrogens is 1. The van der Waals surface area contributed by atoms with Crippen molar-refractivity contribution in [1.82, 2.24) is 9.71 Å². The van der Waals surface area contributed by atoms with Gasteiger partial charge in [0, 0.05) is 36.8 Å². The molecule has 1 atom stereocenters. The molecule has 1 aromatic heterocycles. The Bertz CT molecular complexity index is 701. The third kappa shape index (κ3) is 4.14. The van der Waals surface area contributed by atoms with Gasteiger partial charge >= 0.3 is 0 Å². The highest BCUT2D eigenvalue weighted by Crippen LogP contribution is 2.21. The summed E-state index contributed by atoms with van der Waals surface area (Å²) in [5, 5.41) is 1.23. The van der Waals surface area contributed by atoms with Gasteiger partial charge in [-0.2, -0.15) is 0 Å². The minimum absolute atomic E-state index is 0.214. The molecule has 21 heavy (non-hydrogen) atoms. The fraction of sp³-hybridized carbons (Fsp3) is 0.357. The zero-order chi connectivity index (χ0) is 15.3. The van der Waals surface area contributed by atoms with Crippen molar-refractivity contribution in [2.24, 2.45) is 0 Å². The molecule has 2 aromatic rings. The molecular formula is C14H17ClN2O3S. The molecule has 0 amide bonds. The van der Waals surface area contributed by atoms with Crippen LogP contribution in [0.5, 0.6) is 0 Å². The van der Waals surface area contributed by atoms with Gasteiger partial charge in [-0.05, 0) is 18.6 Å². The molecule has 5 nitrogen and oxygen atoms in total. The third-order valence-electron chi connectivity index (χ3n) is 3.03. The van der Waals surface area contributed by atoms with Gasteiger partial charge in [-0.15, -0.1) is 11.6 Å². The number of pyridine rings is 1. The zero-order valence-electron chi connectivity index (χ0n) is 11.6. The number of fused-ring (bicyclic) bond motifs is 1. The number of sulfonamides is 1. The first-order chi connectivity index (χ1) is 10.0.